The number of hydrogen-bond acceptors (Lipinski definition) is 14. The Balaban J connectivity index is 1.28. The van der Waals surface area contributed by atoms with Crippen LogP contribution in [-0.4, -0.2) is 109 Å². The van der Waals surface area contributed by atoms with Gasteiger partial charge in [-0.2, -0.15) is 23.4 Å². The largest absolute Gasteiger partial charge is 0.478 e. The second kappa shape index (κ2) is 11.7. The Morgan fingerprint density at radius 1 is 1.33 bits per heavy atom. The minimum absolute atomic E-state index is 0.0575. The van der Waals surface area contributed by atoms with E-state index in [-0.39, 0.29) is 47.0 Å². The molecule has 20 nitrogen and oxygen atoms in total. The summed E-state index contributed by atoms with van der Waals surface area (Å²) in [5.41, 5.74) is 9.76. The van der Waals surface area contributed by atoms with E-state index in [1.54, 1.807) is 0 Å². The molecule has 0 aromatic carbocycles. The fraction of sp³-hybridized carbons (Fsp3) is 0.524. The van der Waals surface area contributed by atoms with Crippen LogP contribution in [0, 0.1) is 5.92 Å². The van der Waals surface area contributed by atoms with Crippen LogP contribution in [-0.2, 0) is 42.6 Å². The molecule has 1 aliphatic carbocycles. The monoisotopic (exact) mass is 640 g/mol. The van der Waals surface area contributed by atoms with Gasteiger partial charge in [-0.15, -0.1) is 11.3 Å². The molecule has 2 atom stereocenters. The Hall–Kier alpha value is -4.41. The first-order valence-electron chi connectivity index (χ1n) is 12.8. The number of rotatable bonds is 13. The van der Waals surface area contributed by atoms with Gasteiger partial charge in [0.1, 0.15) is 23.5 Å². The van der Waals surface area contributed by atoms with Crippen LogP contribution in [0.1, 0.15) is 24.2 Å². The quantitative estimate of drug-likeness (QED) is 0.0367. The zero-order chi connectivity index (χ0) is 30.9. The van der Waals surface area contributed by atoms with E-state index in [4.69, 9.17) is 16.3 Å². The van der Waals surface area contributed by atoms with Crippen molar-refractivity contribution < 1.29 is 37.3 Å². The number of anilines is 1. The van der Waals surface area contributed by atoms with E-state index in [0.29, 0.717) is 18.2 Å². The molecule has 4 heterocycles. The van der Waals surface area contributed by atoms with Crippen LogP contribution < -0.4 is 27.4 Å². The van der Waals surface area contributed by atoms with Crippen molar-refractivity contribution in [3.05, 3.63) is 23.0 Å². The van der Waals surface area contributed by atoms with Gasteiger partial charge in [-0.3, -0.25) is 14.1 Å². The highest BCUT2D eigenvalue weighted by molar-refractivity contribution is 7.84. The number of carboxylic acids is 1. The number of nitrogen functional groups attached to an aromatic ring is 1. The van der Waals surface area contributed by atoms with Crippen molar-refractivity contribution in [1.82, 2.24) is 40.2 Å². The van der Waals surface area contributed by atoms with Crippen LogP contribution in [0.3, 0.4) is 0 Å². The maximum atomic E-state index is 13.2. The molecule has 2 aromatic heterocycles. The number of β-lactam (4-membered cyclic amide) rings is 1. The average Bonchev–Trinajstić information content (AvgIpc) is 3.37. The Morgan fingerprint density at radius 3 is 2.65 bits per heavy atom. The van der Waals surface area contributed by atoms with Gasteiger partial charge in [0.15, 0.2) is 16.8 Å². The molecule has 2 aliphatic heterocycles. The van der Waals surface area contributed by atoms with Crippen molar-refractivity contribution >= 4 is 56.2 Å². The van der Waals surface area contributed by atoms with Crippen LogP contribution in [0.15, 0.2) is 21.7 Å². The molecule has 2 saturated heterocycles. The van der Waals surface area contributed by atoms with Gasteiger partial charge in [0, 0.05) is 43.8 Å². The highest BCUT2D eigenvalue weighted by atomic mass is 32.2. The standard InChI is InChI=1S/C21H28N12O8S2/c22-19(25-5-10-3-24-4-10)26-6-11-7-27-32(30-11)8-13-15(17(35)33(13)43(38,39)40)29-16(34)14(12-9-42-20(23)28-12)31-41-21(1-2-21)18(36)37/h7,9-10,13,15,24H,1-6,8H2,(H2,23,28)(H,29,34)(H,36,37)(H3,22,25,26)(H,38,39,40). The molecule has 0 bridgehead atoms. The van der Waals surface area contributed by atoms with Crippen LogP contribution in [0.5, 0.6) is 0 Å². The van der Waals surface area contributed by atoms with Gasteiger partial charge in [0.05, 0.1) is 19.3 Å². The van der Waals surface area contributed by atoms with E-state index in [2.05, 4.69) is 41.3 Å². The van der Waals surface area contributed by atoms with Crippen molar-refractivity contribution in [3.8, 4) is 0 Å². The number of carboxylic acid groups (broad SMARTS) is 1. The molecule has 2 aromatic rings. The van der Waals surface area contributed by atoms with E-state index in [9.17, 15) is 32.5 Å². The Morgan fingerprint density at radius 2 is 2.07 bits per heavy atom. The minimum atomic E-state index is -5.01. The van der Waals surface area contributed by atoms with Crippen molar-refractivity contribution in [3.63, 3.8) is 0 Å². The van der Waals surface area contributed by atoms with E-state index in [0.717, 1.165) is 29.2 Å². The van der Waals surface area contributed by atoms with Crippen LogP contribution >= 0.6 is 11.3 Å². The van der Waals surface area contributed by atoms with Crippen LogP contribution in [0.2, 0.25) is 0 Å². The Labute approximate surface area is 247 Å². The summed E-state index contributed by atoms with van der Waals surface area (Å²) in [6, 6.07) is -2.81. The van der Waals surface area contributed by atoms with Crippen molar-refractivity contribution in [2.24, 2.45) is 21.8 Å². The number of amides is 2. The van der Waals surface area contributed by atoms with Crippen LogP contribution in [0.4, 0.5) is 5.13 Å². The van der Waals surface area contributed by atoms with Gasteiger partial charge in [-0.05, 0) is 0 Å². The first-order chi connectivity index (χ1) is 20.4. The number of hydrogen-bond donors (Lipinski definition) is 7. The molecule has 22 heteroatoms. The van der Waals surface area contributed by atoms with Crippen LogP contribution in [0.25, 0.3) is 0 Å². The number of thiazole rings is 1. The third-order valence-electron chi connectivity index (χ3n) is 6.87. The lowest BCUT2D eigenvalue weighted by Gasteiger charge is -2.43. The third kappa shape index (κ3) is 6.65. The van der Waals surface area contributed by atoms with Gasteiger partial charge in [-0.1, -0.05) is 5.16 Å². The number of aromatic nitrogens is 4. The number of nitrogens with zero attached hydrogens (tertiary/aromatic N) is 7. The molecule has 2 amide bonds. The second-order valence-electron chi connectivity index (χ2n) is 10.0. The number of carbonyl (C=O) groups is 3. The lowest BCUT2D eigenvalue weighted by atomic mass is 9.98. The predicted octanol–water partition coefficient (Wildman–Crippen LogP) is -3.52. The summed E-state index contributed by atoms with van der Waals surface area (Å²) in [5.74, 6) is -2.76. The van der Waals surface area contributed by atoms with Gasteiger partial charge in [0.25, 0.3) is 11.8 Å². The number of aliphatic carboxylic acids is 1. The SMILES string of the molecule is NC(=NCc1cnn(CC2C(NC(=O)C(=NOC3(C(=O)O)CC3)c3csc(N)n3)C(=O)N2S(=O)(=O)O)n1)NCC1CNC1. The Bertz CT molecular complexity index is 1580. The number of nitrogens with two attached hydrogens (primary N) is 2. The van der Waals surface area contributed by atoms with E-state index >= 15 is 0 Å². The number of aliphatic imine (C=N–C) groups is 1. The van der Waals surface area contributed by atoms with E-state index < -0.39 is 51.5 Å². The molecule has 0 spiro atoms. The molecule has 0 radical (unpaired) electrons. The summed E-state index contributed by atoms with van der Waals surface area (Å²) in [7, 11) is -5.01. The molecular formula is C21H28N12O8S2. The van der Waals surface area contributed by atoms with Crippen molar-refractivity contribution in [1.29, 1.82) is 0 Å². The van der Waals surface area contributed by atoms with Gasteiger partial charge in [0.2, 0.25) is 5.60 Å². The molecule has 9 N–H and O–H groups in total. The second-order valence-corrected chi connectivity index (χ2v) is 12.2. The molecule has 43 heavy (non-hydrogen) atoms. The zero-order valence-electron chi connectivity index (χ0n) is 22.3. The maximum absolute atomic E-state index is 13.2. The number of carbonyl (C=O) groups excluding carboxylic acids is 2. The third-order valence-corrected chi connectivity index (χ3v) is 8.49. The smallest absolute Gasteiger partial charge is 0.362 e. The summed E-state index contributed by atoms with van der Waals surface area (Å²) >= 11 is 0.969. The highest BCUT2D eigenvalue weighted by Crippen LogP contribution is 2.40. The molecule has 1 saturated carbocycles. The molecule has 3 fully saturated rings. The molecule has 3 aliphatic rings. The van der Waals surface area contributed by atoms with E-state index in [1.807, 2.05) is 0 Å². The van der Waals surface area contributed by atoms with Gasteiger partial charge in [-0.25, -0.2) is 19.1 Å². The zero-order valence-corrected chi connectivity index (χ0v) is 23.9. The lowest BCUT2D eigenvalue weighted by Crippen LogP contribution is -2.73. The molecular weight excluding hydrogens is 612 g/mol. The number of oxime groups is 1. The first-order valence-corrected chi connectivity index (χ1v) is 15.1. The highest BCUT2D eigenvalue weighted by Gasteiger charge is 2.56. The topological polar surface area (TPSA) is 295 Å². The fourth-order valence-electron chi connectivity index (χ4n) is 4.17. The summed E-state index contributed by atoms with van der Waals surface area (Å²) < 4.78 is 33.7. The summed E-state index contributed by atoms with van der Waals surface area (Å²) in [5, 5.41) is 31.3. The molecule has 5 rings (SSSR count). The number of guanidine groups is 1. The van der Waals surface area contributed by atoms with Gasteiger partial charge < -0.3 is 37.4 Å². The predicted molar refractivity (Wildman–Crippen MR) is 148 cm³/mol. The first kappa shape index (κ1) is 30.1. The van der Waals surface area contributed by atoms with E-state index in [1.165, 1.54) is 11.6 Å². The molecule has 2 unspecified atom stereocenters. The molecule has 232 valence electrons. The summed E-state index contributed by atoms with van der Waals surface area (Å²) in [6.07, 6.45) is 1.69. The van der Waals surface area contributed by atoms with Crippen molar-refractivity contribution in [2.45, 2.75) is 43.6 Å². The average molecular weight is 641 g/mol. The normalized spacial score (nSPS) is 22.0. The number of nitrogens with one attached hydrogen (secondary N) is 3. The Kier molecular flexibility index (Phi) is 8.18. The van der Waals surface area contributed by atoms with Gasteiger partial charge >= 0.3 is 16.3 Å². The minimum Gasteiger partial charge on any atom is -0.478 e. The summed E-state index contributed by atoms with van der Waals surface area (Å²) in [4.78, 5) is 51.8. The summed E-state index contributed by atoms with van der Waals surface area (Å²) in [6.45, 7) is 2.16. The fourth-order valence-corrected chi connectivity index (χ4v) is 5.59. The van der Waals surface area contributed by atoms with Crippen molar-refractivity contribution in [2.75, 3.05) is 25.4 Å². The maximum Gasteiger partial charge on any atom is 0.362 e. The lowest BCUT2D eigenvalue weighted by molar-refractivity contribution is -0.153.